The van der Waals surface area contributed by atoms with Gasteiger partial charge in [0.1, 0.15) is 0 Å². The second-order valence-electron chi connectivity index (χ2n) is 0.448. The molecule has 0 saturated carbocycles. The standard InChI is InChI=1S/Al.Cr.2H2O.2O.3H/h;;2*1H2;;;;;/q;+2;;;;;;;/p-2. The average molecular weight is 148 g/mol. The Hall–Kier alpha value is 0.585. The van der Waals surface area contributed by atoms with Crippen LogP contribution in [-0.4, -0.2) is 25.7 Å². The zero-order valence-electron chi connectivity index (χ0n) is 2.12. The molecular formula is H5AlCrO4. The Kier molecular flexibility index (Phi) is 4.41. The zero-order chi connectivity index (χ0) is 4.50. The van der Waals surface area contributed by atoms with Crippen LogP contribution >= 0.6 is 0 Å². The fourth-order valence-electron chi connectivity index (χ4n) is 0. The van der Waals surface area contributed by atoms with Crippen molar-refractivity contribution in [1.29, 1.82) is 0 Å². The van der Waals surface area contributed by atoms with Crippen molar-refractivity contribution < 1.29 is 29.5 Å². The summed E-state index contributed by atoms with van der Waals surface area (Å²) in [5, 5.41) is 0. The Morgan fingerprint density at radius 2 is 1.17 bits per heavy atom. The Labute approximate surface area is 47.3 Å². The van der Waals surface area contributed by atoms with Crippen LogP contribution in [-0.2, 0) is 21.2 Å². The van der Waals surface area contributed by atoms with Gasteiger partial charge in [-0.1, -0.05) is 0 Å². The normalized spacial score (nSPS) is 9.67. The monoisotopic (exact) mass is 148 g/mol. The maximum atomic E-state index is 8.82. The molecule has 0 amide bonds. The van der Waals surface area contributed by atoms with Crippen molar-refractivity contribution in [2.24, 2.45) is 0 Å². The fraction of sp³-hybridized carbons (Fsp3) is 0. The van der Waals surface area contributed by atoms with Crippen LogP contribution in [0.1, 0.15) is 0 Å². The summed E-state index contributed by atoms with van der Waals surface area (Å²) in [5.41, 5.74) is 0. The van der Waals surface area contributed by atoms with Crippen molar-refractivity contribution in [2.45, 2.75) is 0 Å². The first-order valence-corrected chi connectivity index (χ1v) is 2.88. The van der Waals surface area contributed by atoms with Gasteiger partial charge in [-0.25, -0.2) is 0 Å². The molecule has 6 heavy (non-hydrogen) atoms. The molecule has 0 aliphatic heterocycles. The molecule has 0 bridgehead atoms. The molecule has 0 radical (unpaired) electrons. The minimum absolute atomic E-state index is 0. The van der Waals surface area contributed by atoms with Gasteiger partial charge in [0.2, 0.25) is 0 Å². The van der Waals surface area contributed by atoms with Crippen LogP contribution in [0, 0.1) is 0 Å². The van der Waals surface area contributed by atoms with Gasteiger partial charge in [-0.2, -0.15) is 0 Å². The van der Waals surface area contributed by atoms with E-state index >= 15 is 0 Å². The SMILES string of the molecule is [AlH3].[O]=[Cr](=[O])([OH])[OH]. The second-order valence-corrected chi connectivity index (χ2v) is 1.85. The molecule has 0 atom stereocenters. The van der Waals surface area contributed by atoms with Crippen LogP contribution in [0.2, 0.25) is 0 Å². The molecule has 0 spiro atoms. The number of rotatable bonds is 0. The number of hydrogen-bond donors (Lipinski definition) is 2. The molecule has 4 nitrogen and oxygen atoms in total. The molecule has 0 heterocycles. The first kappa shape index (κ1) is 9.77. The van der Waals surface area contributed by atoms with E-state index in [1.54, 1.807) is 0 Å². The minimum atomic E-state index is -5.25. The topological polar surface area (TPSA) is 74.6 Å². The molecular weight excluding hydrogens is 143 g/mol. The fourth-order valence-corrected chi connectivity index (χ4v) is 0. The Morgan fingerprint density at radius 3 is 1.17 bits per heavy atom. The van der Waals surface area contributed by atoms with Crippen molar-refractivity contribution in [3.05, 3.63) is 0 Å². The summed E-state index contributed by atoms with van der Waals surface area (Å²) in [5.74, 6) is 0. The van der Waals surface area contributed by atoms with Gasteiger partial charge in [-0.05, 0) is 0 Å². The predicted octanol–water partition coefficient (Wildman–Crippen LogP) is -2.54. The van der Waals surface area contributed by atoms with Gasteiger partial charge in [0.15, 0.2) is 17.4 Å². The van der Waals surface area contributed by atoms with Gasteiger partial charge in [0, 0.05) is 0 Å². The van der Waals surface area contributed by atoms with Gasteiger partial charge in [-0.3, -0.25) is 0 Å². The molecule has 0 aliphatic rings. The molecule has 0 fully saturated rings. The third-order valence-electron chi connectivity index (χ3n) is 0. The van der Waals surface area contributed by atoms with E-state index in [2.05, 4.69) is 0 Å². The van der Waals surface area contributed by atoms with Crippen LogP contribution in [0.4, 0.5) is 0 Å². The molecule has 0 saturated heterocycles. The Morgan fingerprint density at radius 1 is 1.17 bits per heavy atom. The average Bonchev–Trinajstić information content (AvgIpc) is 0.722. The van der Waals surface area contributed by atoms with Crippen LogP contribution in [0.15, 0.2) is 0 Å². The summed E-state index contributed by atoms with van der Waals surface area (Å²) < 4.78 is 31.9. The molecule has 0 aromatic rings. The third kappa shape index (κ3) is 172. The van der Waals surface area contributed by atoms with Crippen LogP contribution in [0.3, 0.4) is 0 Å². The summed E-state index contributed by atoms with van der Waals surface area (Å²) >= 11 is -5.25. The first-order chi connectivity index (χ1) is 2.00. The van der Waals surface area contributed by atoms with E-state index in [1.165, 1.54) is 0 Å². The van der Waals surface area contributed by atoms with Gasteiger partial charge in [0.25, 0.3) is 0 Å². The Bertz CT molecular complexity index is 90.7. The predicted molar refractivity (Wildman–Crippen MR) is 15.7 cm³/mol. The molecule has 0 rings (SSSR count). The summed E-state index contributed by atoms with van der Waals surface area (Å²) in [6.07, 6.45) is 0. The first-order valence-electron chi connectivity index (χ1n) is 0.698. The molecule has 6 heteroatoms. The van der Waals surface area contributed by atoms with Crippen molar-refractivity contribution in [2.75, 3.05) is 0 Å². The quantitative estimate of drug-likeness (QED) is 0.371. The van der Waals surface area contributed by atoms with E-state index in [0.29, 0.717) is 0 Å². The molecule has 2 N–H and O–H groups in total. The Balaban J connectivity index is 0. The number of hydrogen-bond acceptors (Lipinski definition) is 2. The third-order valence-corrected chi connectivity index (χ3v) is 0. The summed E-state index contributed by atoms with van der Waals surface area (Å²) in [4.78, 5) is 0. The van der Waals surface area contributed by atoms with Crippen molar-refractivity contribution in [3.8, 4) is 0 Å². The van der Waals surface area contributed by atoms with E-state index in [0.717, 1.165) is 0 Å². The van der Waals surface area contributed by atoms with Gasteiger partial charge in [0.05, 0.1) is 0 Å². The van der Waals surface area contributed by atoms with Gasteiger partial charge >= 0.3 is 29.5 Å². The summed E-state index contributed by atoms with van der Waals surface area (Å²) in [7, 11) is 0. The van der Waals surface area contributed by atoms with E-state index in [-0.39, 0.29) is 17.4 Å². The van der Waals surface area contributed by atoms with E-state index < -0.39 is 13.6 Å². The molecule has 0 unspecified atom stereocenters. The van der Waals surface area contributed by atoms with Crippen LogP contribution < -0.4 is 0 Å². The maximum absolute atomic E-state index is 8.82. The van der Waals surface area contributed by atoms with E-state index in [9.17, 15) is 0 Å². The second kappa shape index (κ2) is 2.71. The molecule has 38 valence electrons. The molecule has 0 aromatic carbocycles. The summed E-state index contributed by atoms with van der Waals surface area (Å²) in [6.45, 7) is 0. The van der Waals surface area contributed by atoms with Crippen molar-refractivity contribution >= 4 is 17.4 Å². The molecule has 0 aliphatic carbocycles. The van der Waals surface area contributed by atoms with Gasteiger partial charge in [-0.15, -0.1) is 0 Å². The van der Waals surface area contributed by atoms with Crippen LogP contribution in [0.5, 0.6) is 0 Å². The van der Waals surface area contributed by atoms with Gasteiger partial charge < -0.3 is 0 Å². The van der Waals surface area contributed by atoms with E-state index in [4.69, 9.17) is 15.9 Å². The molecule has 0 aromatic heterocycles. The van der Waals surface area contributed by atoms with Crippen molar-refractivity contribution in [3.63, 3.8) is 0 Å². The van der Waals surface area contributed by atoms with Crippen molar-refractivity contribution in [1.82, 2.24) is 0 Å². The summed E-state index contributed by atoms with van der Waals surface area (Å²) in [6, 6.07) is 0. The van der Waals surface area contributed by atoms with Crippen LogP contribution in [0.25, 0.3) is 0 Å². The zero-order valence-corrected chi connectivity index (χ0v) is 3.39. The van der Waals surface area contributed by atoms with E-state index in [1.807, 2.05) is 0 Å².